The molecule has 29 heavy (non-hydrogen) atoms. The van der Waals surface area contributed by atoms with Crippen LogP contribution in [0.1, 0.15) is 41.7 Å². The van der Waals surface area contributed by atoms with Gasteiger partial charge in [-0.1, -0.05) is 36.4 Å². The van der Waals surface area contributed by atoms with Crippen LogP contribution < -0.4 is 14.8 Å². The summed E-state index contributed by atoms with van der Waals surface area (Å²) in [7, 11) is 3.08. The summed E-state index contributed by atoms with van der Waals surface area (Å²) in [5, 5.41) is 3.10. The van der Waals surface area contributed by atoms with Crippen LogP contribution in [-0.4, -0.2) is 44.0 Å². The molecular formula is C23H28N2O4. The molecule has 2 aromatic carbocycles. The number of hydrogen-bond donors (Lipinski definition) is 1. The Balaban J connectivity index is 1.61. The number of nitrogens with one attached hydrogen (secondary N) is 1. The summed E-state index contributed by atoms with van der Waals surface area (Å²) in [5.41, 5.74) is 1.51. The fraction of sp³-hybridized carbons (Fsp3) is 0.391. The molecule has 6 nitrogen and oxygen atoms in total. The Bertz CT molecular complexity index is 823. The molecule has 1 saturated heterocycles. The number of benzene rings is 2. The van der Waals surface area contributed by atoms with Gasteiger partial charge in [0, 0.05) is 19.0 Å². The van der Waals surface area contributed by atoms with Crippen molar-refractivity contribution in [2.45, 2.75) is 25.8 Å². The van der Waals surface area contributed by atoms with Gasteiger partial charge in [0.05, 0.1) is 20.3 Å². The topological polar surface area (TPSA) is 67.9 Å². The number of piperidine rings is 1. The summed E-state index contributed by atoms with van der Waals surface area (Å²) < 4.78 is 10.7. The Morgan fingerprint density at radius 3 is 2.10 bits per heavy atom. The zero-order valence-corrected chi connectivity index (χ0v) is 17.2. The van der Waals surface area contributed by atoms with Gasteiger partial charge in [-0.05, 0) is 37.5 Å². The summed E-state index contributed by atoms with van der Waals surface area (Å²) in [4.78, 5) is 27.5. The van der Waals surface area contributed by atoms with Crippen LogP contribution in [0, 0.1) is 5.92 Å². The summed E-state index contributed by atoms with van der Waals surface area (Å²) >= 11 is 0. The van der Waals surface area contributed by atoms with Crippen LogP contribution in [0.25, 0.3) is 0 Å². The molecule has 0 aliphatic carbocycles. The Labute approximate surface area is 171 Å². The molecule has 0 unspecified atom stereocenters. The highest BCUT2D eigenvalue weighted by atomic mass is 16.5. The van der Waals surface area contributed by atoms with Crippen molar-refractivity contribution < 1.29 is 19.1 Å². The third kappa shape index (κ3) is 4.70. The van der Waals surface area contributed by atoms with Crippen LogP contribution >= 0.6 is 0 Å². The summed E-state index contributed by atoms with van der Waals surface area (Å²) in [5.74, 6) is 0.806. The maximum atomic E-state index is 13.1. The van der Waals surface area contributed by atoms with Gasteiger partial charge < -0.3 is 19.7 Å². The van der Waals surface area contributed by atoms with Crippen LogP contribution in [0.3, 0.4) is 0 Å². The van der Waals surface area contributed by atoms with Gasteiger partial charge in [-0.15, -0.1) is 0 Å². The number of hydrogen-bond acceptors (Lipinski definition) is 4. The highest BCUT2D eigenvalue weighted by Crippen LogP contribution is 2.31. The third-order valence-electron chi connectivity index (χ3n) is 5.45. The molecule has 0 saturated carbocycles. The molecular weight excluding hydrogens is 368 g/mol. The van der Waals surface area contributed by atoms with Gasteiger partial charge in [-0.2, -0.15) is 0 Å². The minimum Gasteiger partial charge on any atom is -0.496 e. The molecule has 0 radical (unpaired) electrons. The van der Waals surface area contributed by atoms with Crippen molar-refractivity contribution in [3.05, 3.63) is 59.7 Å². The van der Waals surface area contributed by atoms with Crippen molar-refractivity contribution in [1.29, 1.82) is 0 Å². The average molecular weight is 396 g/mol. The van der Waals surface area contributed by atoms with Crippen molar-refractivity contribution in [3.63, 3.8) is 0 Å². The van der Waals surface area contributed by atoms with E-state index in [1.54, 1.807) is 23.1 Å². The maximum absolute atomic E-state index is 13.1. The summed E-state index contributed by atoms with van der Waals surface area (Å²) in [6.45, 7) is 3.04. The second kappa shape index (κ2) is 9.45. The van der Waals surface area contributed by atoms with E-state index in [1.807, 2.05) is 37.3 Å². The van der Waals surface area contributed by atoms with Crippen LogP contribution in [0.15, 0.2) is 48.5 Å². The van der Waals surface area contributed by atoms with E-state index in [9.17, 15) is 9.59 Å². The predicted octanol–water partition coefficient (Wildman–Crippen LogP) is 3.43. The highest BCUT2D eigenvalue weighted by molar-refractivity contribution is 6.00. The quantitative estimate of drug-likeness (QED) is 0.812. The van der Waals surface area contributed by atoms with Gasteiger partial charge in [0.25, 0.3) is 5.91 Å². The number of methoxy groups -OCH3 is 2. The monoisotopic (exact) mass is 396 g/mol. The molecule has 154 valence electrons. The molecule has 1 N–H and O–H groups in total. The predicted molar refractivity (Wildman–Crippen MR) is 111 cm³/mol. The number of amides is 2. The zero-order valence-electron chi connectivity index (χ0n) is 17.2. The average Bonchev–Trinajstić information content (AvgIpc) is 2.78. The first-order valence-corrected chi connectivity index (χ1v) is 9.90. The van der Waals surface area contributed by atoms with Crippen molar-refractivity contribution in [1.82, 2.24) is 10.2 Å². The lowest BCUT2D eigenvalue weighted by Crippen LogP contribution is -2.43. The molecule has 0 aromatic heterocycles. The number of likely N-dealkylation sites (tertiary alicyclic amines) is 1. The number of rotatable bonds is 6. The number of carbonyl (C=O) groups excluding carboxylic acids is 2. The molecule has 1 fully saturated rings. The summed E-state index contributed by atoms with van der Waals surface area (Å²) in [6.07, 6.45) is 1.27. The molecule has 1 aliphatic heterocycles. The second-order valence-electron chi connectivity index (χ2n) is 7.24. The second-order valence-corrected chi connectivity index (χ2v) is 7.24. The van der Waals surface area contributed by atoms with Crippen LogP contribution in [-0.2, 0) is 4.79 Å². The molecule has 2 aromatic rings. The van der Waals surface area contributed by atoms with Gasteiger partial charge in [0.1, 0.15) is 17.1 Å². The van der Waals surface area contributed by atoms with E-state index in [-0.39, 0.29) is 23.8 Å². The Hall–Kier alpha value is -3.02. The van der Waals surface area contributed by atoms with E-state index >= 15 is 0 Å². The van der Waals surface area contributed by atoms with Crippen LogP contribution in [0.4, 0.5) is 0 Å². The lowest BCUT2D eigenvalue weighted by Gasteiger charge is -2.32. The van der Waals surface area contributed by atoms with Crippen molar-refractivity contribution in [2.24, 2.45) is 5.92 Å². The SMILES string of the molecule is COc1cccc(OC)c1C(=O)N1CCC(C(=O)N[C@H](C)c2ccccc2)CC1. The minimum atomic E-state index is -0.129. The maximum Gasteiger partial charge on any atom is 0.261 e. The number of nitrogens with zero attached hydrogens (tertiary/aromatic N) is 1. The van der Waals surface area contributed by atoms with Crippen molar-refractivity contribution in [2.75, 3.05) is 27.3 Å². The van der Waals surface area contributed by atoms with Gasteiger partial charge in [-0.25, -0.2) is 0 Å². The fourth-order valence-corrected chi connectivity index (χ4v) is 3.72. The summed E-state index contributed by atoms with van der Waals surface area (Å²) in [6, 6.07) is 15.2. The minimum absolute atomic E-state index is 0.0406. The van der Waals surface area contributed by atoms with Gasteiger partial charge >= 0.3 is 0 Å². The number of ether oxygens (including phenoxy) is 2. The normalized spacial score (nSPS) is 15.5. The van der Waals surface area contributed by atoms with E-state index in [2.05, 4.69) is 5.32 Å². The molecule has 0 spiro atoms. The van der Waals surface area contributed by atoms with E-state index in [0.717, 1.165) is 5.56 Å². The highest BCUT2D eigenvalue weighted by Gasteiger charge is 2.31. The lowest BCUT2D eigenvalue weighted by atomic mass is 9.94. The van der Waals surface area contributed by atoms with Crippen molar-refractivity contribution >= 4 is 11.8 Å². The Kier molecular flexibility index (Phi) is 6.75. The van der Waals surface area contributed by atoms with Gasteiger partial charge in [0.2, 0.25) is 5.91 Å². The molecule has 3 rings (SSSR count). The van der Waals surface area contributed by atoms with Crippen molar-refractivity contribution in [3.8, 4) is 11.5 Å². The smallest absolute Gasteiger partial charge is 0.261 e. The van der Waals surface area contributed by atoms with E-state index in [1.165, 1.54) is 14.2 Å². The molecule has 2 amide bonds. The first-order chi connectivity index (χ1) is 14.0. The largest absolute Gasteiger partial charge is 0.496 e. The number of carbonyl (C=O) groups is 2. The fourth-order valence-electron chi connectivity index (χ4n) is 3.72. The van der Waals surface area contributed by atoms with E-state index in [4.69, 9.17) is 9.47 Å². The zero-order chi connectivity index (χ0) is 20.8. The van der Waals surface area contributed by atoms with E-state index < -0.39 is 0 Å². The van der Waals surface area contributed by atoms with Gasteiger partial charge in [-0.3, -0.25) is 9.59 Å². The molecule has 1 aliphatic rings. The Morgan fingerprint density at radius 1 is 0.966 bits per heavy atom. The standard InChI is InChI=1S/C23H28N2O4/c1-16(17-8-5-4-6-9-17)24-22(26)18-12-14-25(15-13-18)23(27)21-19(28-2)10-7-11-20(21)29-3/h4-11,16,18H,12-15H2,1-3H3,(H,24,26)/t16-/m1/s1. The van der Waals surface area contributed by atoms with Crippen LogP contribution in [0.5, 0.6) is 11.5 Å². The molecule has 6 heteroatoms. The Morgan fingerprint density at radius 2 is 1.55 bits per heavy atom. The molecule has 1 atom stereocenters. The third-order valence-corrected chi connectivity index (χ3v) is 5.45. The van der Waals surface area contributed by atoms with Crippen LogP contribution in [0.2, 0.25) is 0 Å². The first-order valence-electron chi connectivity index (χ1n) is 9.90. The molecule has 1 heterocycles. The molecule has 0 bridgehead atoms. The first kappa shape index (κ1) is 20.7. The lowest BCUT2D eigenvalue weighted by molar-refractivity contribution is -0.127. The van der Waals surface area contributed by atoms with E-state index in [0.29, 0.717) is 43.0 Å². The van der Waals surface area contributed by atoms with Gasteiger partial charge in [0.15, 0.2) is 0 Å².